The molecule has 0 unspecified atom stereocenters. The highest BCUT2D eigenvalue weighted by atomic mass is 32.2. The van der Waals surface area contributed by atoms with Crippen molar-refractivity contribution >= 4 is 21.6 Å². The molecule has 1 amide bonds. The van der Waals surface area contributed by atoms with E-state index in [1.165, 1.54) is 22.5 Å². The van der Waals surface area contributed by atoms with E-state index in [2.05, 4.69) is 30.4 Å². The Kier molecular flexibility index (Phi) is 7.13. The molecule has 31 heavy (non-hydrogen) atoms. The van der Waals surface area contributed by atoms with Gasteiger partial charge in [-0.05, 0) is 62.1 Å². The van der Waals surface area contributed by atoms with E-state index in [4.69, 9.17) is 0 Å². The highest BCUT2D eigenvalue weighted by Crippen LogP contribution is 2.26. The first-order chi connectivity index (χ1) is 14.8. The summed E-state index contributed by atoms with van der Waals surface area (Å²) in [4.78, 5) is 12.8. The number of anilines is 1. The molecule has 3 rings (SSSR count). The molecule has 0 saturated carbocycles. The number of rotatable bonds is 8. The summed E-state index contributed by atoms with van der Waals surface area (Å²) in [6.07, 6.45) is 1.72. The molecule has 0 aliphatic heterocycles. The van der Waals surface area contributed by atoms with Crippen LogP contribution in [0, 0.1) is 13.8 Å². The van der Waals surface area contributed by atoms with Gasteiger partial charge in [-0.3, -0.25) is 9.10 Å². The Labute approximate surface area is 184 Å². The molecular formula is C25H28N2O3S. The molecule has 0 fully saturated rings. The lowest BCUT2D eigenvalue weighted by atomic mass is 10.1. The molecule has 0 bridgehead atoms. The number of benzene rings is 3. The molecule has 5 nitrogen and oxygen atoms in total. The number of hydrogen-bond acceptors (Lipinski definition) is 3. The fourth-order valence-electron chi connectivity index (χ4n) is 3.43. The maximum Gasteiger partial charge on any atom is 0.264 e. The first-order valence-corrected chi connectivity index (χ1v) is 11.7. The van der Waals surface area contributed by atoms with Crippen molar-refractivity contribution in [2.45, 2.75) is 31.6 Å². The average molecular weight is 437 g/mol. The van der Waals surface area contributed by atoms with Crippen molar-refractivity contribution in [1.29, 1.82) is 0 Å². The Morgan fingerprint density at radius 1 is 0.935 bits per heavy atom. The van der Waals surface area contributed by atoms with Gasteiger partial charge in [-0.1, -0.05) is 54.1 Å². The largest absolute Gasteiger partial charge is 0.352 e. The van der Waals surface area contributed by atoms with Crippen LogP contribution >= 0.6 is 0 Å². The summed E-state index contributed by atoms with van der Waals surface area (Å²) in [6.45, 7) is 4.44. The summed E-state index contributed by atoms with van der Waals surface area (Å²) in [6, 6.07) is 21.7. The van der Waals surface area contributed by atoms with Gasteiger partial charge in [-0.25, -0.2) is 8.42 Å². The minimum atomic E-state index is -3.71. The van der Waals surface area contributed by atoms with Crippen LogP contribution in [-0.2, 0) is 16.4 Å². The van der Waals surface area contributed by atoms with Gasteiger partial charge >= 0.3 is 0 Å². The van der Waals surface area contributed by atoms with Crippen LogP contribution in [-0.4, -0.2) is 27.9 Å². The molecule has 0 heterocycles. The van der Waals surface area contributed by atoms with Gasteiger partial charge in [-0.15, -0.1) is 0 Å². The third-order valence-corrected chi connectivity index (χ3v) is 7.01. The Morgan fingerprint density at radius 3 is 2.39 bits per heavy atom. The van der Waals surface area contributed by atoms with Crippen molar-refractivity contribution < 1.29 is 13.2 Å². The summed E-state index contributed by atoms with van der Waals surface area (Å²) in [5, 5.41) is 2.93. The van der Waals surface area contributed by atoms with Crippen LogP contribution in [0.2, 0.25) is 0 Å². The lowest BCUT2D eigenvalue weighted by molar-refractivity contribution is 0.0953. The molecule has 3 aromatic rings. The van der Waals surface area contributed by atoms with E-state index >= 15 is 0 Å². The van der Waals surface area contributed by atoms with Crippen molar-refractivity contribution in [1.82, 2.24) is 5.32 Å². The molecule has 0 saturated heterocycles. The van der Waals surface area contributed by atoms with E-state index in [0.29, 0.717) is 17.8 Å². The zero-order valence-electron chi connectivity index (χ0n) is 18.1. The van der Waals surface area contributed by atoms with Gasteiger partial charge in [0.1, 0.15) is 0 Å². The van der Waals surface area contributed by atoms with Crippen molar-refractivity contribution in [3.8, 4) is 0 Å². The number of hydrogen-bond donors (Lipinski definition) is 1. The molecule has 0 spiro atoms. The van der Waals surface area contributed by atoms with E-state index in [9.17, 15) is 13.2 Å². The topological polar surface area (TPSA) is 66.5 Å². The molecule has 0 atom stereocenters. The van der Waals surface area contributed by atoms with E-state index < -0.39 is 10.0 Å². The number of nitrogens with zero attached hydrogens (tertiary/aromatic N) is 1. The van der Waals surface area contributed by atoms with Crippen molar-refractivity contribution in [3.63, 3.8) is 0 Å². The Bertz CT molecular complexity index is 1160. The van der Waals surface area contributed by atoms with Gasteiger partial charge in [0.15, 0.2) is 0 Å². The molecular weight excluding hydrogens is 408 g/mol. The van der Waals surface area contributed by atoms with Gasteiger partial charge in [-0.2, -0.15) is 0 Å². The normalized spacial score (nSPS) is 11.2. The first kappa shape index (κ1) is 22.6. The van der Waals surface area contributed by atoms with E-state index in [1.807, 2.05) is 13.0 Å². The van der Waals surface area contributed by atoms with Gasteiger partial charge in [0.05, 0.1) is 10.6 Å². The lowest BCUT2D eigenvalue weighted by Crippen LogP contribution is -2.28. The van der Waals surface area contributed by atoms with Gasteiger partial charge in [0.2, 0.25) is 0 Å². The zero-order valence-corrected chi connectivity index (χ0v) is 18.9. The van der Waals surface area contributed by atoms with E-state index in [0.717, 1.165) is 18.4 Å². The number of aryl methyl sites for hydroxylation is 3. The van der Waals surface area contributed by atoms with Crippen molar-refractivity contribution in [2.75, 3.05) is 17.9 Å². The van der Waals surface area contributed by atoms with Crippen LogP contribution < -0.4 is 9.62 Å². The van der Waals surface area contributed by atoms with Gasteiger partial charge < -0.3 is 5.32 Å². The van der Waals surface area contributed by atoms with Crippen LogP contribution in [0.25, 0.3) is 0 Å². The van der Waals surface area contributed by atoms with Crippen LogP contribution in [0.1, 0.15) is 33.5 Å². The minimum Gasteiger partial charge on any atom is -0.352 e. The van der Waals surface area contributed by atoms with Crippen LogP contribution in [0.5, 0.6) is 0 Å². The maximum atomic E-state index is 13.0. The SMILES string of the molecule is Cc1cccc(CCCNC(=O)c2ccc(C)c(N(C)S(=O)(=O)c3ccccc3)c2)c1. The Morgan fingerprint density at radius 2 is 1.68 bits per heavy atom. The average Bonchev–Trinajstić information content (AvgIpc) is 2.77. The molecule has 0 aliphatic rings. The van der Waals surface area contributed by atoms with Crippen molar-refractivity contribution in [2.24, 2.45) is 0 Å². The minimum absolute atomic E-state index is 0.211. The quantitative estimate of drug-likeness (QED) is 0.529. The number of amides is 1. The second kappa shape index (κ2) is 9.79. The van der Waals surface area contributed by atoms with Gasteiger partial charge in [0, 0.05) is 19.2 Å². The van der Waals surface area contributed by atoms with E-state index in [-0.39, 0.29) is 10.8 Å². The number of nitrogens with one attached hydrogen (secondary N) is 1. The summed E-state index contributed by atoms with van der Waals surface area (Å²) in [5.74, 6) is -0.212. The van der Waals surface area contributed by atoms with E-state index in [1.54, 1.807) is 48.5 Å². The summed E-state index contributed by atoms with van der Waals surface area (Å²) >= 11 is 0. The highest BCUT2D eigenvalue weighted by Gasteiger charge is 2.23. The third kappa shape index (κ3) is 5.52. The van der Waals surface area contributed by atoms with Crippen molar-refractivity contribution in [3.05, 3.63) is 95.1 Å². The molecule has 0 aliphatic carbocycles. The molecule has 0 radical (unpaired) electrons. The second-order valence-corrected chi connectivity index (χ2v) is 9.60. The fourth-order valence-corrected chi connectivity index (χ4v) is 4.71. The first-order valence-electron chi connectivity index (χ1n) is 10.3. The fraction of sp³-hybridized carbons (Fsp3) is 0.240. The predicted molar refractivity (Wildman–Crippen MR) is 125 cm³/mol. The number of carbonyl (C=O) groups is 1. The summed E-state index contributed by atoms with van der Waals surface area (Å²) in [7, 11) is -2.20. The summed E-state index contributed by atoms with van der Waals surface area (Å²) in [5.41, 5.74) is 4.17. The highest BCUT2D eigenvalue weighted by molar-refractivity contribution is 7.92. The molecule has 6 heteroatoms. The number of carbonyl (C=O) groups excluding carboxylic acids is 1. The summed E-state index contributed by atoms with van der Waals surface area (Å²) < 4.78 is 27.2. The van der Waals surface area contributed by atoms with Crippen LogP contribution in [0.15, 0.2) is 77.7 Å². The zero-order chi connectivity index (χ0) is 22.4. The molecule has 3 aromatic carbocycles. The molecule has 0 aromatic heterocycles. The second-order valence-electron chi connectivity index (χ2n) is 7.64. The standard InChI is InChI=1S/C25H28N2O3S/c1-19-9-7-10-21(17-19)11-8-16-26-25(28)22-15-14-20(2)24(18-22)27(3)31(29,30)23-12-5-4-6-13-23/h4-7,9-10,12-15,17-18H,8,11,16H2,1-3H3,(H,26,28). The van der Waals surface area contributed by atoms with Gasteiger partial charge in [0.25, 0.3) is 15.9 Å². The Balaban J connectivity index is 1.68. The maximum absolute atomic E-state index is 13.0. The Hall–Kier alpha value is -3.12. The lowest BCUT2D eigenvalue weighted by Gasteiger charge is -2.22. The monoisotopic (exact) mass is 436 g/mol. The third-order valence-electron chi connectivity index (χ3n) is 5.22. The van der Waals surface area contributed by atoms with Crippen LogP contribution in [0.4, 0.5) is 5.69 Å². The smallest absolute Gasteiger partial charge is 0.264 e. The molecule has 1 N–H and O–H groups in total. The molecule has 162 valence electrons. The van der Waals surface area contributed by atoms with Crippen LogP contribution in [0.3, 0.4) is 0 Å². The predicted octanol–water partition coefficient (Wildman–Crippen LogP) is 4.49. The number of sulfonamides is 1.